The molecule has 0 unspecified atom stereocenters. The topological polar surface area (TPSA) is 111 Å². The summed E-state index contributed by atoms with van der Waals surface area (Å²) >= 11 is 0. The van der Waals surface area contributed by atoms with Crippen molar-refractivity contribution in [3.63, 3.8) is 0 Å². The van der Waals surface area contributed by atoms with Crippen LogP contribution in [0.15, 0.2) is 12.1 Å². The van der Waals surface area contributed by atoms with Gasteiger partial charge in [0.25, 0.3) is 11.6 Å². The molecule has 1 aromatic rings. The van der Waals surface area contributed by atoms with Crippen LogP contribution in [-0.2, 0) is 11.4 Å². The highest BCUT2D eigenvalue weighted by Crippen LogP contribution is 2.34. The molecule has 1 amide bonds. The average Bonchev–Trinajstić information content (AvgIpc) is 2.49. The number of methoxy groups -OCH3 is 1. The SMILES string of the molecule is C#CCNC(=O)COc1cc([N+](=O)[O-])c(CO)cc1OC. The summed E-state index contributed by atoms with van der Waals surface area (Å²) in [7, 11) is 1.34. The molecule has 0 aliphatic heterocycles. The first-order chi connectivity index (χ1) is 10.0. The van der Waals surface area contributed by atoms with Crippen LogP contribution in [0.1, 0.15) is 5.56 Å². The third-order valence-electron chi connectivity index (χ3n) is 2.48. The monoisotopic (exact) mass is 294 g/mol. The maximum Gasteiger partial charge on any atom is 0.278 e. The summed E-state index contributed by atoms with van der Waals surface area (Å²) in [5.41, 5.74) is -0.238. The number of hydrogen-bond donors (Lipinski definition) is 2. The number of nitro groups is 1. The highest BCUT2D eigenvalue weighted by Gasteiger charge is 2.19. The van der Waals surface area contributed by atoms with Gasteiger partial charge in [-0.1, -0.05) is 5.92 Å². The zero-order valence-corrected chi connectivity index (χ0v) is 11.3. The second kappa shape index (κ2) is 7.72. The second-order valence-corrected chi connectivity index (χ2v) is 3.82. The zero-order valence-electron chi connectivity index (χ0n) is 11.3. The van der Waals surface area contributed by atoms with Crippen LogP contribution in [0.4, 0.5) is 5.69 Å². The van der Waals surface area contributed by atoms with Crippen molar-refractivity contribution in [2.45, 2.75) is 6.61 Å². The zero-order chi connectivity index (χ0) is 15.8. The highest BCUT2D eigenvalue weighted by molar-refractivity contribution is 5.77. The molecule has 112 valence electrons. The summed E-state index contributed by atoms with van der Waals surface area (Å²) in [6, 6.07) is 2.38. The number of terminal acetylenes is 1. The number of ether oxygens (including phenoxy) is 2. The van der Waals surface area contributed by atoms with E-state index in [0.29, 0.717) is 0 Å². The van der Waals surface area contributed by atoms with Gasteiger partial charge in [-0.2, -0.15) is 0 Å². The van der Waals surface area contributed by atoms with Crippen molar-refractivity contribution >= 4 is 11.6 Å². The van der Waals surface area contributed by atoms with Gasteiger partial charge in [0.05, 0.1) is 36.8 Å². The summed E-state index contributed by atoms with van der Waals surface area (Å²) in [6.45, 7) is -0.827. The Morgan fingerprint density at radius 3 is 2.76 bits per heavy atom. The Morgan fingerprint density at radius 2 is 2.24 bits per heavy atom. The Labute approximate surface area is 120 Å². The van der Waals surface area contributed by atoms with Crippen LogP contribution >= 0.6 is 0 Å². The number of amides is 1. The fourth-order valence-corrected chi connectivity index (χ4v) is 1.50. The number of carbonyl (C=O) groups excluding carboxylic acids is 1. The molecule has 0 aromatic heterocycles. The molecule has 0 aliphatic carbocycles. The van der Waals surface area contributed by atoms with Crippen LogP contribution in [0, 0.1) is 22.5 Å². The molecule has 0 heterocycles. The van der Waals surface area contributed by atoms with E-state index in [1.165, 1.54) is 13.2 Å². The van der Waals surface area contributed by atoms with E-state index in [2.05, 4.69) is 11.2 Å². The van der Waals surface area contributed by atoms with Gasteiger partial charge in [-0.3, -0.25) is 14.9 Å². The van der Waals surface area contributed by atoms with Gasteiger partial charge in [0.15, 0.2) is 18.1 Å². The fourth-order valence-electron chi connectivity index (χ4n) is 1.50. The minimum atomic E-state index is -0.656. The van der Waals surface area contributed by atoms with E-state index in [-0.39, 0.29) is 35.9 Å². The number of hydrogen-bond acceptors (Lipinski definition) is 6. The van der Waals surface area contributed by atoms with E-state index in [9.17, 15) is 14.9 Å². The Hall–Kier alpha value is -2.79. The van der Waals surface area contributed by atoms with Gasteiger partial charge in [0.2, 0.25) is 0 Å². The first-order valence-electron chi connectivity index (χ1n) is 5.82. The highest BCUT2D eigenvalue weighted by atomic mass is 16.6. The lowest BCUT2D eigenvalue weighted by atomic mass is 10.1. The molecule has 21 heavy (non-hydrogen) atoms. The van der Waals surface area contributed by atoms with Gasteiger partial charge in [0.1, 0.15) is 0 Å². The number of benzene rings is 1. The first-order valence-corrected chi connectivity index (χ1v) is 5.82. The molecule has 0 spiro atoms. The summed E-state index contributed by atoms with van der Waals surface area (Å²) in [6.07, 6.45) is 4.99. The van der Waals surface area contributed by atoms with Crippen LogP contribution in [0.25, 0.3) is 0 Å². The van der Waals surface area contributed by atoms with Gasteiger partial charge in [0, 0.05) is 0 Å². The van der Waals surface area contributed by atoms with Crippen molar-refractivity contribution in [1.82, 2.24) is 5.32 Å². The quantitative estimate of drug-likeness (QED) is 0.423. The Balaban J connectivity index is 2.95. The molecule has 0 aliphatic rings. The van der Waals surface area contributed by atoms with Crippen LogP contribution in [0.3, 0.4) is 0 Å². The third kappa shape index (κ3) is 4.36. The Bertz CT molecular complexity index is 579. The predicted molar refractivity (Wildman–Crippen MR) is 72.9 cm³/mol. The minimum Gasteiger partial charge on any atom is -0.493 e. The minimum absolute atomic E-state index is 0.0252. The number of aliphatic hydroxyl groups excluding tert-OH is 1. The Kier molecular flexibility index (Phi) is 5.98. The van der Waals surface area contributed by atoms with E-state index in [4.69, 9.17) is 21.0 Å². The van der Waals surface area contributed by atoms with E-state index in [1.807, 2.05) is 0 Å². The number of nitrogens with one attached hydrogen (secondary N) is 1. The molecule has 0 saturated carbocycles. The van der Waals surface area contributed by atoms with E-state index < -0.39 is 17.4 Å². The molecule has 0 fully saturated rings. The van der Waals surface area contributed by atoms with E-state index in [1.54, 1.807) is 0 Å². The Morgan fingerprint density at radius 1 is 1.52 bits per heavy atom. The van der Waals surface area contributed by atoms with Crippen molar-refractivity contribution in [2.24, 2.45) is 0 Å². The molecular formula is C13H14N2O6. The lowest BCUT2D eigenvalue weighted by molar-refractivity contribution is -0.385. The fraction of sp³-hybridized carbons (Fsp3) is 0.308. The predicted octanol–water partition coefficient (Wildman–Crippen LogP) is 0.224. The maximum atomic E-state index is 11.4. The molecule has 8 heteroatoms. The average molecular weight is 294 g/mol. The van der Waals surface area contributed by atoms with Crippen LogP contribution < -0.4 is 14.8 Å². The standard InChI is InChI=1S/C13H14N2O6/c1-3-4-14-13(17)8-21-12-6-10(15(18)19)9(7-16)5-11(12)20-2/h1,5-6,16H,4,7-8H2,2H3,(H,14,17). The number of nitrogens with zero attached hydrogens (tertiary/aromatic N) is 1. The number of nitro benzene ring substituents is 1. The third-order valence-corrected chi connectivity index (χ3v) is 2.48. The van der Waals surface area contributed by atoms with Crippen molar-refractivity contribution in [3.05, 3.63) is 27.8 Å². The summed E-state index contributed by atoms with van der Waals surface area (Å²) in [5, 5.41) is 22.4. The molecule has 0 bridgehead atoms. The van der Waals surface area contributed by atoms with Crippen LogP contribution in [0.2, 0.25) is 0 Å². The summed E-state index contributed by atoms with van der Waals surface area (Å²) < 4.78 is 10.2. The molecule has 0 atom stereocenters. The molecule has 1 aromatic carbocycles. The molecule has 0 saturated heterocycles. The van der Waals surface area contributed by atoms with Crippen LogP contribution in [-0.4, -0.2) is 36.2 Å². The second-order valence-electron chi connectivity index (χ2n) is 3.82. The largest absolute Gasteiger partial charge is 0.493 e. The van der Waals surface area contributed by atoms with Gasteiger partial charge < -0.3 is 19.9 Å². The smallest absolute Gasteiger partial charge is 0.278 e. The van der Waals surface area contributed by atoms with Gasteiger partial charge >= 0.3 is 0 Å². The first kappa shape index (κ1) is 16.3. The summed E-state index contributed by atoms with van der Waals surface area (Å²) in [5.74, 6) is 1.96. The molecule has 8 nitrogen and oxygen atoms in total. The van der Waals surface area contributed by atoms with Crippen molar-refractivity contribution in [3.8, 4) is 23.8 Å². The van der Waals surface area contributed by atoms with Crippen LogP contribution in [0.5, 0.6) is 11.5 Å². The molecule has 1 rings (SSSR count). The number of aliphatic hydroxyl groups is 1. The lowest BCUT2D eigenvalue weighted by Gasteiger charge is -2.11. The number of carbonyl (C=O) groups is 1. The van der Waals surface area contributed by atoms with Crippen molar-refractivity contribution < 1.29 is 24.3 Å². The van der Waals surface area contributed by atoms with Gasteiger partial charge in [-0.25, -0.2) is 0 Å². The van der Waals surface area contributed by atoms with E-state index >= 15 is 0 Å². The molecule has 2 N–H and O–H groups in total. The normalized spacial score (nSPS) is 9.57. The van der Waals surface area contributed by atoms with Gasteiger partial charge in [-0.15, -0.1) is 6.42 Å². The maximum absolute atomic E-state index is 11.4. The lowest BCUT2D eigenvalue weighted by Crippen LogP contribution is -2.29. The van der Waals surface area contributed by atoms with E-state index in [0.717, 1.165) is 6.07 Å². The summed E-state index contributed by atoms with van der Waals surface area (Å²) in [4.78, 5) is 21.6. The van der Waals surface area contributed by atoms with Crippen molar-refractivity contribution in [2.75, 3.05) is 20.3 Å². The van der Waals surface area contributed by atoms with Gasteiger partial charge in [-0.05, 0) is 6.07 Å². The molecule has 0 radical (unpaired) electrons. The number of rotatable bonds is 7. The molecular weight excluding hydrogens is 280 g/mol. The van der Waals surface area contributed by atoms with Crippen molar-refractivity contribution in [1.29, 1.82) is 0 Å².